The molecule has 1 heterocycles. The van der Waals surface area contributed by atoms with Crippen LogP contribution in [0, 0.1) is 12.3 Å². The molecule has 0 saturated heterocycles. The zero-order valence-corrected chi connectivity index (χ0v) is 16.8. The number of halogens is 1. The number of rotatable bonds is 6. The van der Waals surface area contributed by atoms with Crippen LogP contribution in [-0.2, 0) is 16.0 Å². The van der Waals surface area contributed by atoms with Crippen LogP contribution in [0.15, 0.2) is 24.4 Å². The quantitative estimate of drug-likeness (QED) is 0.721. The summed E-state index contributed by atoms with van der Waals surface area (Å²) >= 11 is 0. The molecule has 3 rings (SSSR count). The lowest BCUT2D eigenvalue weighted by molar-refractivity contribution is -0.170. The van der Waals surface area contributed by atoms with Gasteiger partial charge in [-0.2, -0.15) is 0 Å². The smallest absolute Gasteiger partial charge is 0.240 e. The first kappa shape index (κ1) is 20.7. The fourth-order valence-corrected chi connectivity index (χ4v) is 3.94. The molecule has 2 aromatic rings. The van der Waals surface area contributed by atoms with Crippen molar-refractivity contribution >= 4 is 29.2 Å². The van der Waals surface area contributed by atoms with Crippen LogP contribution >= 0.6 is 12.4 Å². The summed E-state index contributed by atoms with van der Waals surface area (Å²) in [6.45, 7) is 9.33. The number of fused-ring (bicyclic) bond motifs is 1. The number of aryl methyl sites for hydroxylation is 1. The molecule has 2 atom stereocenters. The number of H-pyrrole nitrogens is 1. The Morgan fingerprint density at radius 3 is 2.81 bits per heavy atom. The molecule has 1 fully saturated rings. The van der Waals surface area contributed by atoms with Gasteiger partial charge < -0.3 is 20.8 Å². The van der Waals surface area contributed by atoms with E-state index in [0.717, 1.165) is 11.9 Å². The van der Waals surface area contributed by atoms with Crippen LogP contribution in [0.1, 0.15) is 38.3 Å². The maximum absolute atomic E-state index is 12.7. The Balaban J connectivity index is 0.00000243. The van der Waals surface area contributed by atoms with Crippen molar-refractivity contribution in [1.82, 2.24) is 10.3 Å². The highest BCUT2D eigenvalue weighted by Gasteiger charge is 2.62. The lowest BCUT2D eigenvalue weighted by Crippen LogP contribution is -2.75. The van der Waals surface area contributed by atoms with Crippen LogP contribution in [-0.4, -0.2) is 35.7 Å². The van der Waals surface area contributed by atoms with Gasteiger partial charge >= 0.3 is 0 Å². The standard InChI is InChI=1S/C20H29N3O2.ClH/c1-5-25-16-11-20(21,19(16,3)4)18(24)22-10-9-14-12-23-15-8-6-7-13(2)17(14)15;/h6-8,12,16,23H,5,9-11,21H2,1-4H3,(H,22,24);1H. The molecule has 1 aromatic heterocycles. The van der Waals surface area contributed by atoms with E-state index in [1.807, 2.05) is 33.0 Å². The molecular weight excluding hydrogens is 350 g/mol. The number of nitrogens with two attached hydrogens (primary N) is 1. The van der Waals surface area contributed by atoms with Crippen LogP contribution in [0.4, 0.5) is 0 Å². The van der Waals surface area contributed by atoms with Crippen molar-refractivity contribution < 1.29 is 9.53 Å². The van der Waals surface area contributed by atoms with Crippen molar-refractivity contribution in [2.45, 2.75) is 52.2 Å². The van der Waals surface area contributed by atoms with E-state index in [1.165, 1.54) is 16.5 Å². The molecule has 144 valence electrons. The van der Waals surface area contributed by atoms with E-state index in [4.69, 9.17) is 10.5 Å². The van der Waals surface area contributed by atoms with Crippen molar-refractivity contribution in [3.63, 3.8) is 0 Å². The Hall–Kier alpha value is -1.56. The monoisotopic (exact) mass is 379 g/mol. The Labute approximate surface area is 161 Å². The zero-order chi connectivity index (χ0) is 18.2. The second kappa shape index (κ2) is 7.59. The third-order valence-corrected chi connectivity index (χ3v) is 5.91. The molecule has 6 heteroatoms. The molecule has 0 aliphatic heterocycles. The van der Waals surface area contributed by atoms with Gasteiger partial charge in [-0.25, -0.2) is 0 Å². The van der Waals surface area contributed by atoms with Gasteiger partial charge in [0.1, 0.15) is 5.54 Å². The Bertz CT molecular complexity index is 786. The number of amides is 1. The van der Waals surface area contributed by atoms with Crippen LogP contribution in [0.5, 0.6) is 0 Å². The third kappa shape index (κ3) is 3.24. The molecule has 0 bridgehead atoms. The predicted octanol–water partition coefficient (Wildman–Crippen LogP) is 3.09. The number of benzene rings is 1. The lowest BCUT2D eigenvalue weighted by Gasteiger charge is -2.57. The number of ether oxygens (including phenoxy) is 1. The zero-order valence-electron chi connectivity index (χ0n) is 16.0. The number of carbonyl (C=O) groups is 1. The molecule has 4 N–H and O–H groups in total. The molecule has 1 aliphatic rings. The number of aromatic amines is 1. The summed E-state index contributed by atoms with van der Waals surface area (Å²) in [5.74, 6) is -0.0787. The van der Waals surface area contributed by atoms with E-state index >= 15 is 0 Å². The largest absolute Gasteiger partial charge is 0.378 e. The molecule has 1 aromatic carbocycles. The molecule has 0 radical (unpaired) electrons. The Kier molecular flexibility index (Phi) is 6.06. The van der Waals surface area contributed by atoms with E-state index in [0.29, 0.717) is 19.6 Å². The number of nitrogens with one attached hydrogen (secondary N) is 2. The number of hydrogen-bond donors (Lipinski definition) is 3. The van der Waals surface area contributed by atoms with Gasteiger partial charge in [0, 0.05) is 42.1 Å². The van der Waals surface area contributed by atoms with Gasteiger partial charge in [-0.15, -0.1) is 12.4 Å². The van der Waals surface area contributed by atoms with Crippen LogP contribution in [0.3, 0.4) is 0 Å². The number of hydrogen-bond acceptors (Lipinski definition) is 3. The summed E-state index contributed by atoms with van der Waals surface area (Å²) in [7, 11) is 0. The summed E-state index contributed by atoms with van der Waals surface area (Å²) in [4.78, 5) is 16.0. The van der Waals surface area contributed by atoms with Crippen molar-refractivity contribution in [2.24, 2.45) is 11.1 Å². The Morgan fingerprint density at radius 1 is 1.42 bits per heavy atom. The first-order valence-electron chi connectivity index (χ1n) is 9.05. The second-order valence-corrected chi connectivity index (χ2v) is 7.66. The van der Waals surface area contributed by atoms with Crippen LogP contribution < -0.4 is 11.1 Å². The minimum atomic E-state index is -0.858. The van der Waals surface area contributed by atoms with Crippen LogP contribution in [0.25, 0.3) is 10.9 Å². The SMILES string of the molecule is CCOC1CC(N)(C(=O)NCCc2c[nH]c3cccc(C)c23)C1(C)C.Cl. The summed E-state index contributed by atoms with van der Waals surface area (Å²) in [5.41, 5.74) is 8.81. The van der Waals surface area contributed by atoms with Gasteiger partial charge in [0.15, 0.2) is 0 Å². The molecule has 0 spiro atoms. The summed E-state index contributed by atoms with van der Waals surface area (Å²) in [6.07, 6.45) is 3.43. The highest BCUT2D eigenvalue weighted by molar-refractivity contribution is 5.89. The average Bonchev–Trinajstić information content (AvgIpc) is 2.99. The van der Waals surface area contributed by atoms with Crippen molar-refractivity contribution in [1.29, 1.82) is 0 Å². The molecule has 26 heavy (non-hydrogen) atoms. The summed E-state index contributed by atoms with van der Waals surface area (Å²) in [6, 6.07) is 6.23. The van der Waals surface area contributed by atoms with Gasteiger partial charge in [0.25, 0.3) is 0 Å². The van der Waals surface area contributed by atoms with Gasteiger partial charge in [-0.05, 0) is 37.5 Å². The maximum atomic E-state index is 12.7. The minimum Gasteiger partial charge on any atom is -0.378 e. The topological polar surface area (TPSA) is 80.1 Å². The normalized spacial score (nSPS) is 24.0. The second-order valence-electron chi connectivity index (χ2n) is 7.66. The highest BCUT2D eigenvalue weighted by atomic mass is 35.5. The van der Waals surface area contributed by atoms with Crippen molar-refractivity contribution in [3.8, 4) is 0 Å². The molecule has 5 nitrogen and oxygen atoms in total. The molecule has 1 saturated carbocycles. The summed E-state index contributed by atoms with van der Waals surface area (Å²) < 4.78 is 5.70. The predicted molar refractivity (Wildman–Crippen MR) is 108 cm³/mol. The average molecular weight is 380 g/mol. The van der Waals surface area contributed by atoms with E-state index in [9.17, 15) is 4.79 Å². The molecule has 1 amide bonds. The third-order valence-electron chi connectivity index (χ3n) is 5.91. The van der Waals surface area contributed by atoms with Gasteiger partial charge in [0.2, 0.25) is 5.91 Å². The first-order chi connectivity index (χ1) is 11.8. The minimum absolute atomic E-state index is 0. The van der Waals surface area contributed by atoms with E-state index in [2.05, 4.69) is 29.4 Å². The molecule has 2 unspecified atom stereocenters. The van der Waals surface area contributed by atoms with E-state index < -0.39 is 5.54 Å². The first-order valence-corrected chi connectivity index (χ1v) is 9.05. The number of aromatic nitrogens is 1. The lowest BCUT2D eigenvalue weighted by atomic mass is 9.54. The van der Waals surface area contributed by atoms with E-state index in [-0.39, 0.29) is 29.8 Å². The van der Waals surface area contributed by atoms with Gasteiger partial charge in [-0.1, -0.05) is 26.0 Å². The fourth-order valence-electron chi connectivity index (χ4n) is 3.94. The fraction of sp³-hybridized carbons (Fsp3) is 0.550. The number of carbonyl (C=O) groups excluding carboxylic acids is 1. The van der Waals surface area contributed by atoms with Crippen molar-refractivity contribution in [2.75, 3.05) is 13.2 Å². The molecular formula is C20H30ClN3O2. The highest BCUT2D eigenvalue weighted by Crippen LogP contribution is 2.49. The molecule has 1 aliphatic carbocycles. The van der Waals surface area contributed by atoms with Crippen LogP contribution in [0.2, 0.25) is 0 Å². The Morgan fingerprint density at radius 2 is 2.15 bits per heavy atom. The summed E-state index contributed by atoms with van der Waals surface area (Å²) in [5, 5.41) is 4.28. The van der Waals surface area contributed by atoms with Gasteiger partial charge in [-0.3, -0.25) is 4.79 Å². The van der Waals surface area contributed by atoms with E-state index in [1.54, 1.807) is 0 Å². The van der Waals surface area contributed by atoms with Gasteiger partial charge in [0.05, 0.1) is 6.10 Å². The maximum Gasteiger partial charge on any atom is 0.240 e. The van der Waals surface area contributed by atoms with Crippen molar-refractivity contribution in [3.05, 3.63) is 35.5 Å².